The molecule has 0 heterocycles. The Morgan fingerprint density at radius 1 is 1.24 bits per heavy atom. The van der Waals surface area contributed by atoms with E-state index in [0.29, 0.717) is 21.9 Å². The first-order valence-electron chi connectivity index (χ1n) is 6.41. The van der Waals surface area contributed by atoms with Crippen molar-refractivity contribution in [2.75, 3.05) is 12.0 Å². The molecule has 0 radical (unpaired) electrons. The standard InChI is InChI=1S/C13H25BrO2S/c1-13(2,3)11-5-6-12(14)10(9-11)7-8-17(4,15)16/h10-12H,5-9H2,1-4H3. The molecule has 0 saturated heterocycles. The lowest BCUT2D eigenvalue weighted by molar-refractivity contribution is 0.145. The smallest absolute Gasteiger partial charge is 0.147 e. The summed E-state index contributed by atoms with van der Waals surface area (Å²) in [6, 6.07) is 0. The van der Waals surface area contributed by atoms with Crippen LogP contribution in [0.2, 0.25) is 0 Å². The highest BCUT2D eigenvalue weighted by Gasteiger charge is 2.34. The van der Waals surface area contributed by atoms with E-state index in [-0.39, 0.29) is 0 Å². The van der Waals surface area contributed by atoms with Crippen LogP contribution in [0, 0.1) is 17.3 Å². The minimum absolute atomic E-state index is 0.330. The highest BCUT2D eigenvalue weighted by molar-refractivity contribution is 9.09. The Morgan fingerprint density at radius 3 is 2.29 bits per heavy atom. The quantitative estimate of drug-likeness (QED) is 0.742. The molecule has 2 nitrogen and oxygen atoms in total. The van der Waals surface area contributed by atoms with Gasteiger partial charge < -0.3 is 0 Å². The molecule has 1 saturated carbocycles. The summed E-state index contributed by atoms with van der Waals surface area (Å²) in [5, 5.41) is 0. The van der Waals surface area contributed by atoms with E-state index >= 15 is 0 Å². The number of hydrogen-bond acceptors (Lipinski definition) is 2. The minimum Gasteiger partial charge on any atom is -0.229 e. The van der Waals surface area contributed by atoms with Gasteiger partial charge in [0.2, 0.25) is 0 Å². The van der Waals surface area contributed by atoms with Gasteiger partial charge in [0.1, 0.15) is 9.84 Å². The Bertz CT molecular complexity index is 343. The first kappa shape index (κ1) is 15.5. The molecule has 3 unspecified atom stereocenters. The summed E-state index contributed by atoms with van der Waals surface area (Å²) in [4.78, 5) is 0.503. The molecule has 1 aliphatic rings. The van der Waals surface area contributed by atoms with Gasteiger partial charge in [-0.25, -0.2) is 8.42 Å². The molecule has 1 aliphatic carbocycles. The summed E-state index contributed by atoms with van der Waals surface area (Å²) in [7, 11) is -2.82. The van der Waals surface area contributed by atoms with Gasteiger partial charge in [0.25, 0.3) is 0 Å². The zero-order chi connectivity index (χ0) is 13.3. The molecule has 0 aliphatic heterocycles. The lowest BCUT2D eigenvalue weighted by Gasteiger charge is -2.40. The van der Waals surface area contributed by atoms with Crippen molar-refractivity contribution in [1.82, 2.24) is 0 Å². The third-order valence-electron chi connectivity index (χ3n) is 3.97. The van der Waals surface area contributed by atoms with E-state index in [1.54, 1.807) is 0 Å². The van der Waals surface area contributed by atoms with Crippen molar-refractivity contribution >= 4 is 25.8 Å². The fourth-order valence-electron chi connectivity index (χ4n) is 2.68. The average Bonchev–Trinajstić information content (AvgIpc) is 2.13. The highest BCUT2D eigenvalue weighted by Crippen LogP contribution is 2.43. The van der Waals surface area contributed by atoms with Gasteiger partial charge in [-0.1, -0.05) is 36.7 Å². The van der Waals surface area contributed by atoms with E-state index < -0.39 is 9.84 Å². The number of halogens is 1. The Kier molecular flexibility index (Phi) is 5.10. The van der Waals surface area contributed by atoms with Gasteiger partial charge in [-0.2, -0.15) is 0 Å². The molecule has 0 N–H and O–H groups in total. The first-order chi connectivity index (χ1) is 7.59. The lowest BCUT2D eigenvalue weighted by Crippen LogP contribution is -2.33. The Hall–Kier alpha value is 0.430. The first-order valence-corrected chi connectivity index (χ1v) is 9.39. The van der Waals surface area contributed by atoms with Crippen molar-refractivity contribution in [2.45, 2.75) is 51.3 Å². The van der Waals surface area contributed by atoms with Crippen LogP contribution in [0.3, 0.4) is 0 Å². The normalized spacial score (nSPS) is 31.5. The van der Waals surface area contributed by atoms with E-state index in [1.165, 1.54) is 19.1 Å². The molecule has 1 rings (SSSR count). The van der Waals surface area contributed by atoms with E-state index in [9.17, 15) is 8.42 Å². The third-order valence-corrected chi connectivity index (χ3v) is 6.16. The second kappa shape index (κ2) is 5.60. The predicted octanol–water partition coefficient (Wildman–Crippen LogP) is 3.65. The number of sulfone groups is 1. The van der Waals surface area contributed by atoms with Crippen LogP contribution in [0.4, 0.5) is 0 Å². The van der Waals surface area contributed by atoms with Crippen LogP contribution in [-0.2, 0) is 9.84 Å². The summed E-state index contributed by atoms with van der Waals surface area (Å²) in [6.07, 6.45) is 5.74. The van der Waals surface area contributed by atoms with E-state index in [0.717, 1.165) is 18.8 Å². The number of alkyl halides is 1. The minimum atomic E-state index is -2.82. The zero-order valence-corrected chi connectivity index (χ0v) is 13.8. The molecule has 0 aromatic heterocycles. The molecule has 102 valence electrons. The topological polar surface area (TPSA) is 34.1 Å². The van der Waals surface area contributed by atoms with Crippen LogP contribution in [0.25, 0.3) is 0 Å². The fourth-order valence-corrected chi connectivity index (χ4v) is 4.15. The van der Waals surface area contributed by atoms with Gasteiger partial charge >= 0.3 is 0 Å². The SMILES string of the molecule is CC(C)(C)C1CCC(Br)C(CCS(C)(=O)=O)C1. The summed E-state index contributed by atoms with van der Waals surface area (Å²) in [5.41, 5.74) is 0.344. The Balaban J connectivity index is 2.58. The fraction of sp³-hybridized carbons (Fsp3) is 1.00. The van der Waals surface area contributed by atoms with Gasteiger partial charge in [-0.3, -0.25) is 0 Å². The Morgan fingerprint density at radius 2 is 1.82 bits per heavy atom. The zero-order valence-electron chi connectivity index (χ0n) is 11.4. The molecule has 17 heavy (non-hydrogen) atoms. The van der Waals surface area contributed by atoms with Crippen molar-refractivity contribution in [3.05, 3.63) is 0 Å². The van der Waals surface area contributed by atoms with E-state index in [2.05, 4.69) is 36.7 Å². The highest BCUT2D eigenvalue weighted by atomic mass is 79.9. The summed E-state index contributed by atoms with van der Waals surface area (Å²) in [6.45, 7) is 6.87. The van der Waals surface area contributed by atoms with Crippen molar-refractivity contribution in [3.63, 3.8) is 0 Å². The molecule has 0 spiro atoms. The largest absolute Gasteiger partial charge is 0.229 e. The van der Waals surface area contributed by atoms with E-state index in [1.807, 2.05) is 0 Å². The summed E-state index contributed by atoms with van der Waals surface area (Å²) < 4.78 is 22.5. The molecule has 0 aromatic rings. The predicted molar refractivity (Wildman–Crippen MR) is 77.3 cm³/mol. The van der Waals surface area contributed by atoms with Crippen LogP contribution in [0.1, 0.15) is 46.5 Å². The second-order valence-electron chi connectivity index (χ2n) is 6.57. The lowest BCUT2D eigenvalue weighted by atomic mass is 9.68. The number of rotatable bonds is 3. The number of hydrogen-bond donors (Lipinski definition) is 0. The average molecular weight is 325 g/mol. The van der Waals surface area contributed by atoms with Gasteiger partial charge in [0, 0.05) is 11.1 Å². The molecule has 3 atom stereocenters. The van der Waals surface area contributed by atoms with E-state index in [4.69, 9.17) is 0 Å². The van der Waals surface area contributed by atoms with Crippen LogP contribution < -0.4 is 0 Å². The van der Waals surface area contributed by atoms with Crippen LogP contribution >= 0.6 is 15.9 Å². The van der Waals surface area contributed by atoms with Crippen LogP contribution in [0.15, 0.2) is 0 Å². The summed E-state index contributed by atoms with van der Waals surface area (Å²) >= 11 is 3.72. The van der Waals surface area contributed by atoms with Gasteiger partial charge in [-0.15, -0.1) is 0 Å². The van der Waals surface area contributed by atoms with Crippen molar-refractivity contribution in [3.8, 4) is 0 Å². The van der Waals surface area contributed by atoms with Crippen molar-refractivity contribution in [2.24, 2.45) is 17.3 Å². The van der Waals surface area contributed by atoms with Gasteiger partial charge in [0.05, 0.1) is 5.75 Å². The van der Waals surface area contributed by atoms with Crippen molar-refractivity contribution in [1.29, 1.82) is 0 Å². The molecule has 0 aromatic carbocycles. The van der Waals surface area contributed by atoms with Crippen LogP contribution in [-0.4, -0.2) is 25.3 Å². The maximum atomic E-state index is 11.2. The molecule has 0 amide bonds. The molecule has 4 heteroatoms. The summed E-state index contributed by atoms with van der Waals surface area (Å²) in [5.74, 6) is 1.57. The second-order valence-corrected chi connectivity index (χ2v) is 10.0. The van der Waals surface area contributed by atoms with Gasteiger partial charge in [-0.05, 0) is 42.9 Å². The Labute approximate surface area is 115 Å². The van der Waals surface area contributed by atoms with Crippen LogP contribution in [0.5, 0.6) is 0 Å². The maximum Gasteiger partial charge on any atom is 0.147 e. The molecule has 0 bridgehead atoms. The molecule has 1 fully saturated rings. The molecular weight excluding hydrogens is 300 g/mol. The molecular formula is C13H25BrO2S. The van der Waals surface area contributed by atoms with Crippen molar-refractivity contribution < 1.29 is 8.42 Å². The maximum absolute atomic E-state index is 11.2. The third kappa shape index (κ3) is 5.29. The monoisotopic (exact) mass is 324 g/mol. The van der Waals surface area contributed by atoms with Gasteiger partial charge in [0.15, 0.2) is 0 Å².